The number of carbonyl (C=O) groups is 3. The summed E-state index contributed by atoms with van der Waals surface area (Å²) in [6.45, 7) is 1.15. The van der Waals surface area contributed by atoms with Crippen molar-refractivity contribution in [2.24, 2.45) is 5.92 Å². The lowest BCUT2D eigenvalue weighted by molar-refractivity contribution is -0.148. The predicted octanol–water partition coefficient (Wildman–Crippen LogP) is 1.54. The van der Waals surface area contributed by atoms with Gasteiger partial charge in [0.05, 0.1) is 5.92 Å². The molecule has 1 aromatic carbocycles. The number of amides is 2. The van der Waals surface area contributed by atoms with E-state index in [2.05, 4.69) is 10.6 Å². The highest BCUT2D eigenvalue weighted by Gasteiger charge is 2.31. The van der Waals surface area contributed by atoms with Crippen molar-refractivity contribution in [3.05, 3.63) is 24.3 Å². The summed E-state index contributed by atoms with van der Waals surface area (Å²) in [5, 5.41) is 5.23. The molecule has 0 bridgehead atoms. The number of nitrogens with one attached hydrogen (secondary N) is 2. The van der Waals surface area contributed by atoms with E-state index in [1.807, 2.05) is 0 Å². The van der Waals surface area contributed by atoms with E-state index in [0.717, 1.165) is 12.8 Å². The Morgan fingerprint density at radius 2 is 1.65 bits per heavy atom. The van der Waals surface area contributed by atoms with E-state index in [9.17, 15) is 14.4 Å². The molecule has 0 aliphatic heterocycles. The minimum atomic E-state index is -0.383. The zero-order chi connectivity index (χ0) is 14.5. The van der Waals surface area contributed by atoms with Gasteiger partial charge in [0.1, 0.15) is 0 Å². The van der Waals surface area contributed by atoms with Crippen molar-refractivity contribution < 1.29 is 19.1 Å². The van der Waals surface area contributed by atoms with E-state index in [1.165, 1.54) is 6.92 Å². The van der Waals surface area contributed by atoms with Gasteiger partial charge >= 0.3 is 5.97 Å². The van der Waals surface area contributed by atoms with Crippen molar-refractivity contribution in [1.82, 2.24) is 0 Å². The standard InChI is InChI=1S/C14H16N2O4/c1-9(17)15-11-4-6-12(7-5-11)16-13(18)8-20-14(19)10-2-3-10/h4-7,10H,2-3,8H2,1H3,(H,15,17)(H,16,18). The number of rotatable bonds is 5. The number of esters is 1. The highest BCUT2D eigenvalue weighted by atomic mass is 16.5. The number of carbonyl (C=O) groups excluding carboxylic acids is 3. The Morgan fingerprint density at radius 1 is 1.10 bits per heavy atom. The molecule has 1 aromatic rings. The third kappa shape index (κ3) is 4.38. The Labute approximate surface area is 116 Å². The van der Waals surface area contributed by atoms with E-state index >= 15 is 0 Å². The molecule has 2 amide bonds. The number of hydrogen-bond donors (Lipinski definition) is 2. The average Bonchev–Trinajstić information content (AvgIpc) is 3.22. The summed E-state index contributed by atoms with van der Waals surface area (Å²) < 4.78 is 4.87. The third-order valence-electron chi connectivity index (χ3n) is 2.75. The molecule has 0 spiro atoms. The second-order valence-corrected chi connectivity index (χ2v) is 4.69. The van der Waals surface area contributed by atoms with Crippen LogP contribution in [-0.4, -0.2) is 24.4 Å². The SMILES string of the molecule is CC(=O)Nc1ccc(NC(=O)COC(=O)C2CC2)cc1. The van der Waals surface area contributed by atoms with Gasteiger partial charge in [0, 0.05) is 18.3 Å². The normalized spacial score (nSPS) is 13.4. The largest absolute Gasteiger partial charge is 0.455 e. The Morgan fingerprint density at radius 3 is 2.15 bits per heavy atom. The van der Waals surface area contributed by atoms with Gasteiger partial charge in [-0.25, -0.2) is 0 Å². The summed E-state index contributed by atoms with van der Waals surface area (Å²) in [5.41, 5.74) is 1.22. The van der Waals surface area contributed by atoms with Crippen LogP contribution >= 0.6 is 0 Å². The quantitative estimate of drug-likeness (QED) is 0.799. The predicted molar refractivity (Wildman–Crippen MR) is 73.1 cm³/mol. The summed E-state index contributed by atoms with van der Waals surface area (Å²) in [7, 11) is 0. The van der Waals surface area contributed by atoms with Crippen LogP contribution in [0.3, 0.4) is 0 Å². The van der Waals surface area contributed by atoms with Gasteiger partial charge in [-0.2, -0.15) is 0 Å². The van der Waals surface area contributed by atoms with Crippen molar-refractivity contribution in [3.63, 3.8) is 0 Å². The molecule has 106 valence electrons. The first-order chi connectivity index (χ1) is 9.54. The summed E-state index contributed by atoms with van der Waals surface area (Å²) in [4.78, 5) is 33.7. The molecule has 0 heterocycles. The summed E-state index contributed by atoms with van der Waals surface area (Å²) in [6, 6.07) is 6.66. The van der Waals surface area contributed by atoms with Crippen molar-refractivity contribution in [1.29, 1.82) is 0 Å². The van der Waals surface area contributed by atoms with Crippen LogP contribution in [0, 0.1) is 5.92 Å². The molecule has 0 radical (unpaired) electrons. The van der Waals surface area contributed by atoms with Crippen LogP contribution in [0.2, 0.25) is 0 Å². The van der Waals surface area contributed by atoms with E-state index < -0.39 is 0 Å². The molecule has 1 aliphatic carbocycles. The Hall–Kier alpha value is -2.37. The van der Waals surface area contributed by atoms with Crippen LogP contribution < -0.4 is 10.6 Å². The lowest BCUT2D eigenvalue weighted by atomic mass is 10.2. The molecule has 2 rings (SSSR count). The van der Waals surface area contributed by atoms with E-state index in [0.29, 0.717) is 11.4 Å². The molecule has 1 aliphatic rings. The molecule has 2 N–H and O–H groups in total. The summed E-state index contributed by atoms with van der Waals surface area (Å²) in [5.74, 6) is -0.860. The number of ether oxygens (including phenoxy) is 1. The molecule has 20 heavy (non-hydrogen) atoms. The second kappa shape index (κ2) is 6.18. The Balaban J connectivity index is 1.78. The van der Waals surface area contributed by atoms with Crippen molar-refractivity contribution in [2.45, 2.75) is 19.8 Å². The van der Waals surface area contributed by atoms with Gasteiger partial charge in [-0.3, -0.25) is 14.4 Å². The van der Waals surface area contributed by atoms with Gasteiger partial charge in [-0.1, -0.05) is 0 Å². The number of anilines is 2. The van der Waals surface area contributed by atoms with Crippen LogP contribution in [0.1, 0.15) is 19.8 Å². The fraction of sp³-hybridized carbons (Fsp3) is 0.357. The van der Waals surface area contributed by atoms with Gasteiger partial charge in [0.15, 0.2) is 6.61 Å². The minimum Gasteiger partial charge on any atom is -0.455 e. The van der Waals surface area contributed by atoms with Gasteiger partial charge < -0.3 is 15.4 Å². The highest BCUT2D eigenvalue weighted by Crippen LogP contribution is 2.29. The van der Waals surface area contributed by atoms with E-state index in [4.69, 9.17) is 4.74 Å². The molecule has 6 heteroatoms. The summed E-state index contributed by atoms with van der Waals surface area (Å²) in [6.07, 6.45) is 1.70. The van der Waals surface area contributed by atoms with Gasteiger partial charge in [0.25, 0.3) is 5.91 Å². The third-order valence-corrected chi connectivity index (χ3v) is 2.75. The van der Waals surface area contributed by atoms with Gasteiger partial charge in [0.2, 0.25) is 5.91 Å². The maximum Gasteiger partial charge on any atom is 0.309 e. The Kier molecular flexibility index (Phi) is 4.34. The molecule has 0 atom stereocenters. The zero-order valence-corrected chi connectivity index (χ0v) is 11.1. The second-order valence-electron chi connectivity index (χ2n) is 4.69. The zero-order valence-electron chi connectivity index (χ0n) is 11.1. The smallest absolute Gasteiger partial charge is 0.309 e. The maximum atomic E-state index is 11.6. The molecule has 0 aromatic heterocycles. The first-order valence-electron chi connectivity index (χ1n) is 6.39. The van der Waals surface area contributed by atoms with Crippen LogP contribution in [0.25, 0.3) is 0 Å². The van der Waals surface area contributed by atoms with Crippen molar-refractivity contribution in [3.8, 4) is 0 Å². The monoisotopic (exact) mass is 276 g/mol. The lowest BCUT2D eigenvalue weighted by Crippen LogP contribution is -2.21. The van der Waals surface area contributed by atoms with E-state index in [1.54, 1.807) is 24.3 Å². The minimum absolute atomic E-state index is 0.0141. The molecule has 0 saturated heterocycles. The molecular weight excluding hydrogens is 260 g/mol. The van der Waals surface area contributed by atoms with E-state index in [-0.39, 0.29) is 30.3 Å². The van der Waals surface area contributed by atoms with Crippen molar-refractivity contribution >= 4 is 29.2 Å². The number of benzene rings is 1. The molecule has 6 nitrogen and oxygen atoms in total. The topological polar surface area (TPSA) is 84.5 Å². The average molecular weight is 276 g/mol. The number of hydrogen-bond acceptors (Lipinski definition) is 4. The van der Waals surface area contributed by atoms with Crippen molar-refractivity contribution in [2.75, 3.05) is 17.2 Å². The Bertz CT molecular complexity index is 520. The first kappa shape index (κ1) is 14.0. The fourth-order valence-electron chi connectivity index (χ4n) is 1.61. The summed E-state index contributed by atoms with van der Waals surface area (Å²) >= 11 is 0. The van der Waals surface area contributed by atoms with Crippen LogP contribution in [0.15, 0.2) is 24.3 Å². The molecule has 1 fully saturated rings. The molecule has 1 saturated carbocycles. The highest BCUT2D eigenvalue weighted by molar-refractivity contribution is 5.93. The lowest BCUT2D eigenvalue weighted by Gasteiger charge is -2.07. The molecular formula is C14H16N2O4. The van der Waals surface area contributed by atoms with Crippen LogP contribution in [0.5, 0.6) is 0 Å². The van der Waals surface area contributed by atoms with Crippen LogP contribution in [-0.2, 0) is 19.1 Å². The maximum absolute atomic E-state index is 11.6. The fourth-order valence-corrected chi connectivity index (χ4v) is 1.61. The van der Waals surface area contributed by atoms with Gasteiger partial charge in [-0.05, 0) is 37.1 Å². The van der Waals surface area contributed by atoms with Gasteiger partial charge in [-0.15, -0.1) is 0 Å². The van der Waals surface area contributed by atoms with Crippen LogP contribution in [0.4, 0.5) is 11.4 Å². The first-order valence-corrected chi connectivity index (χ1v) is 6.39. The molecule has 0 unspecified atom stereocenters.